The molecule has 1 fully saturated rings. The smallest absolute Gasteiger partial charge is 0.424 e. The number of piperidine rings is 1. The monoisotopic (exact) mass is 375 g/mol. The first kappa shape index (κ1) is 20.6. The molecule has 0 saturated carbocycles. The molecule has 27 heavy (non-hydrogen) atoms. The lowest BCUT2D eigenvalue weighted by molar-refractivity contribution is -0.150. The van der Waals surface area contributed by atoms with E-state index in [0.29, 0.717) is 28.0 Å². The van der Waals surface area contributed by atoms with Gasteiger partial charge in [0.15, 0.2) is 0 Å². The summed E-state index contributed by atoms with van der Waals surface area (Å²) in [5.41, 5.74) is 6.62. The largest absolute Gasteiger partial charge is 0.443 e. The SMILES string of the molecule is CN(Cc1c(N)cccc1C=O)C1CCC(=O)N(C(=O)OC(C)(C)C)C1=O. The Morgan fingerprint density at radius 2 is 2.04 bits per heavy atom. The summed E-state index contributed by atoms with van der Waals surface area (Å²) in [6, 6.07) is 4.30. The van der Waals surface area contributed by atoms with Crippen LogP contribution in [0, 0.1) is 0 Å². The molecule has 1 aromatic carbocycles. The number of likely N-dealkylation sites (N-methyl/N-ethyl adjacent to an activating group) is 1. The van der Waals surface area contributed by atoms with Crippen molar-refractivity contribution in [2.75, 3.05) is 12.8 Å². The highest BCUT2D eigenvalue weighted by Crippen LogP contribution is 2.24. The average Bonchev–Trinajstić information content (AvgIpc) is 2.55. The van der Waals surface area contributed by atoms with Crippen LogP contribution in [0.3, 0.4) is 0 Å². The summed E-state index contributed by atoms with van der Waals surface area (Å²) >= 11 is 0. The quantitative estimate of drug-likeness (QED) is 0.486. The third-order valence-corrected chi connectivity index (χ3v) is 4.28. The molecule has 1 heterocycles. The number of hydrogen-bond donors (Lipinski definition) is 1. The Kier molecular flexibility index (Phi) is 6.00. The van der Waals surface area contributed by atoms with Crippen LogP contribution in [0.2, 0.25) is 0 Å². The number of benzene rings is 1. The van der Waals surface area contributed by atoms with Gasteiger partial charge in [0.25, 0.3) is 5.91 Å². The second kappa shape index (κ2) is 7.87. The van der Waals surface area contributed by atoms with Crippen molar-refractivity contribution >= 4 is 29.9 Å². The number of nitrogens with two attached hydrogens (primary N) is 1. The summed E-state index contributed by atoms with van der Waals surface area (Å²) < 4.78 is 5.18. The van der Waals surface area contributed by atoms with E-state index in [1.807, 2.05) is 0 Å². The van der Waals surface area contributed by atoms with Crippen LogP contribution in [0.15, 0.2) is 18.2 Å². The number of aldehydes is 1. The van der Waals surface area contributed by atoms with Gasteiger partial charge in [-0.3, -0.25) is 19.3 Å². The molecule has 1 unspecified atom stereocenters. The van der Waals surface area contributed by atoms with Crippen LogP contribution >= 0.6 is 0 Å². The second-order valence-electron chi connectivity index (χ2n) is 7.55. The highest BCUT2D eigenvalue weighted by atomic mass is 16.6. The van der Waals surface area contributed by atoms with E-state index < -0.39 is 29.6 Å². The summed E-state index contributed by atoms with van der Waals surface area (Å²) in [4.78, 5) is 50.7. The summed E-state index contributed by atoms with van der Waals surface area (Å²) in [5, 5.41) is 0. The van der Waals surface area contributed by atoms with Gasteiger partial charge < -0.3 is 10.5 Å². The summed E-state index contributed by atoms with van der Waals surface area (Å²) in [7, 11) is 1.69. The van der Waals surface area contributed by atoms with Gasteiger partial charge in [0.1, 0.15) is 11.9 Å². The van der Waals surface area contributed by atoms with E-state index >= 15 is 0 Å². The molecule has 0 bridgehead atoms. The predicted octanol–water partition coefficient (Wildman–Crippen LogP) is 1.97. The molecule has 1 aromatic rings. The molecule has 8 nitrogen and oxygen atoms in total. The zero-order valence-electron chi connectivity index (χ0n) is 16.0. The minimum Gasteiger partial charge on any atom is -0.443 e. The average molecular weight is 375 g/mol. The van der Waals surface area contributed by atoms with Crippen molar-refractivity contribution in [3.63, 3.8) is 0 Å². The Hall–Kier alpha value is -2.74. The lowest BCUT2D eigenvalue weighted by atomic mass is 10.0. The lowest BCUT2D eigenvalue weighted by Crippen LogP contribution is -2.56. The molecule has 1 aliphatic heterocycles. The van der Waals surface area contributed by atoms with Crippen LogP contribution in [0.5, 0.6) is 0 Å². The Morgan fingerprint density at radius 3 is 2.63 bits per heavy atom. The van der Waals surface area contributed by atoms with E-state index in [4.69, 9.17) is 10.5 Å². The Bertz CT molecular complexity index is 769. The van der Waals surface area contributed by atoms with Crippen molar-refractivity contribution in [2.45, 2.75) is 51.8 Å². The maximum absolute atomic E-state index is 12.8. The molecular formula is C19H25N3O5. The van der Waals surface area contributed by atoms with Gasteiger partial charge in [-0.1, -0.05) is 12.1 Å². The number of rotatable bonds is 4. The van der Waals surface area contributed by atoms with Crippen molar-refractivity contribution in [2.24, 2.45) is 0 Å². The third kappa shape index (κ3) is 4.71. The van der Waals surface area contributed by atoms with Gasteiger partial charge in [-0.2, -0.15) is 4.90 Å². The number of hydrogen-bond acceptors (Lipinski definition) is 7. The van der Waals surface area contributed by atoms with Gasteiger partial charge in [0.05, 0.1) is 6.04 Å². The fraction of sp³-hybridized carbons (Fsp3) is 0.474. The van der Waals surface area contributed by atoms with Crippen molar-refractivity contribution < 1.29 is 23.9 Å². The first-order chi connectivity index (χ1) is 12.5. The van der Waals surface area contributed by atoms with Crippen molar-refractivity contribution in [3.05, 3.63) is 29.3 Å². The van der Waals surface area contributed by atoms with Crippen LogP contribution < -0.4 is 5.73 Å². The zero-order chi connectivity index (χ0) is 20.4. The molecule has 2 N–H and O–H groups in total. The van der Waals surface area contributed by atoms with Crippen LogP contribution in [-0.4, -0.2) is 52.7 Å². The molecule has 0 radical (unpaired) electrons. The summed E-state index contributed by atoms with van der Waals surface area (Å²) in [5.74, 6) is -1.21. The number of amides is 3. The standard InChI is InChI=1S/C19H25N3O5/c1-19(2,3)27-18(26)22-16(24)9-8-15(17(22)25)21(4)10-13-12(11-23)6-5-7-14(13)20/h5-7,11,15H,8-10,20H2,1-4H3. The maximum Gasteiger partial charge on any atom is 0.424 e. The Balaban J connectivity index is 2.21. The lowest BCUT2D eigenvalue weighted by Gasteiger charge is -2.35. The number of imide groups is 3. The van der Waals surface area contributed by atoms with Gasteiger partial charge in [0, 0.05) is 24.2 Å². The predicted molar refractivity (Wildman–Crippen MR) is 98.8 cm³/mol. The van der Waals surface area contributed by atoms with Gasteiger partial charge in [0.2, 0.25) is 5.91 Å². The molecule has 3 amide bonds. The van der Waals surface area contributed by atoms with Crippen molar-refractivity contribution in [1.29, 1.82) is 0 Å². The first-order valence-electron chi connectivity index (χ1n) is 8.67. The van der Waals surface area contributed by atoms with E-state index in [9.17, 15) is 19.2 Å². The molecule has 1 saturated heterocycles. The number of carbonyl (C=O) groups is 4. The molecule has 1 atom stereocenters. The molecule has 8 heteroatoms. The normalized spacial score (nSPS) is 18.0. The molecular weight excluding hydrogens is 350 g/mol. The van der Waals surface area contributed by atoms with E-state index in [1.165, 1.54) is 0 Å². The minimum absolute atomic E-state index is 0.0464. The fourth-order valence-corrected chi connectivity index (χ4v) is 2.95. The van der Waals surface area contributed by atoms with Gasteiger partial charge >= 0.3 is 6.09 Å². The molecule has 146 valence electrons. The number of nitrogen functional groups attached to an aromatic ring is 1. The number of ether oxygens (including phenoxy) is 1. The summed E-state index contributed by atoms with van der Waals surface area (Å²) in [6.07, 6.45) is 0.0589. The van der Waals surface area contributed by atoms with E-state index in [1.54, 1.807) is 50.9 Å². The van der Waals surface area contributed by atoms with Crippen molar-refractivity contribution in [1.82, 2.24) is 9.80 Å². The van der Waals surface area contributed by atoms with Gasteiger partial charge in [-0.05, 0) is 45.9 Å². The van der Waals surface area contributed by atoms with Crippen LogP contribution in [-0.2, 0) is 20.9 Å². The minimum atomic E-state index is -0.969. The number of carbonyl (C=O) groups excluding carboxylic acids is 4. The summed E-state index contributed by atoms with van der Waals surface area (Å²) in [6.45, 7) is 5.21. The molecule has 1 aliphatic rings. The molecule has 0 spiro atoms. The Labute approximate surface area is 158 Å². The maximum atomic E-state index is 12.8. The number of anilines is 1. The number of nitrogens with zero attached hydrogens (tertiary/aromatic N) is 2. The zero-order valence-corrected chi connectivity index (χ0v) is 16.0. The third-order valence-electron chi connectivity index (χ3n) is 4.28. The van der Waals surface area contributed by atoms with Gasteiger partial charge in [-0.15, -0.1) is 0 Å². The van der Waals surface area contributed by atoms with Gasteiger partial charge in [-0.25, -0.2) is 4.79 Å². The molecule has 0 aromatic heterocycles. The topological polar surface area (TPSA) is 110 Å². The Morgan fingerprint density at radius 1 is 1.37 bits per heavy atom. The molecule has 0 aliphatic carbocycles. The van der Waals surface area contributed by atoms with Crippen LogP contribution in [0.4, 0.5) is 10.5 Å². The number of likely N-dealkylation sites (tertiary alicyclic amines) is 1. The van der Waals surface area contributed by atoms with E-state index in [0.717, 1.165) is 0 Å². The molecule has 2 rings (SSSR count). The van der Waals surface area contributed by atoms with E-state index in [2.05, 4.69) is 0 Å². The second-order valence-corrected chi connectivity index (χ2v) is 7.55. The van der Waals surface area contributed by atoms with Crippen LogP contribution in [0.25, 0.3) is 0 Å². The van der Waals surface area contributed by atoms with E-state index in [-0.39, 0.29) is 19.4 Å². The highest BCUT2D eigenvalue weighted by Gasteiger charge is 2.42. The van der Waals surface area contributed by atoms with Crippen molar-refractivity contribution in [3.8, 4) is 0 Å². The highest BCUT2D eigenvalue weighted by molar-refractivity contribution is 6.12. The van der Waals surface area contributed by atoms with Crippen LogP contribution in [0.1, 0.15) is 49.5 Å². The first-order valence-corrected chi connectivity index (χ1v) is 8.67. The fourth-order valence-electron chi connectivity index (χ4n) is 2.95.